The first-order valence-electron chi connectivity index (χ1n) is 6.09. The summed E-state index contributed by atoms with van der Waals surface area (Å²) >= 11 is 0. The highest BCUT2D eigenvalue weighted by atomic mass is 15.2. The van der Waals surface area contributed by atoms with Gasteiger partial charge in [0.25, 0.3) is 0 Å². The largest absolute Gasteiger partial charge is 0.356 e. The molecule has 1 unspecified atom stereocenters. The van der Waals surface area contributed by atoms with Crippen LogP contribution < -0.4 is 10.6 Å². The van der Waals surface area contributed by atoms with Gasteiger partial charge in [-0.2, -0.15) is 0 Å². The summed E-state index contributed by atoms with van der Waals surface area (Å²) in [5.41, 5.74) is 0. The van der Waals surface area contributed by atoms with E-state index in [0.29, 0.717) is 5.92 Å². The van der Waals surface area contributed by atoms with E-state index in [1.54, 1.807) is 0 Å². The van der Waals surface area contributed by atoms with E-state index in [1.807, 2.05) is 0 Å². The predicted octanol–water partition coefficient (Wildman–Crippen LogP) is 0.267. The average molecular weight is 210 g/mol. The molecule has 0 radical (unpaired) electrons. The first-order valence-corrected chi connectivity index (χ1v) is 6.09. The quantitative estimate of drug-likeness (QED) is 0.699. The van der Waals surface area contributed by atoms with Gasteiger partial charge in [0.1, 0.15) is 0 Å². The Balaban J connectivity index is 1.61. The monoisotopic (exact) mass is 210 g/mol. The van der Waals surface area contributed by atoms with Gasteiger partial charge in [0.15, 0.2) is 5.96 Å². The van der Waals surface area contributed by atoms with Gasteiger partial charge in [-0.05, 0) is 31.8 Å². The van der Waals surface area contributed by atoms with Crippen LogP contribution in [0.5, 0.6) is 0 Å². The molecule has 0 aromatic heterocycles. The van der Waals surface area contributed by atoms with E-state index in [0.717, 1.165) is 25.6 Å². The summed E-state index contributed by atoms with van der Waals surface area (Å²) in [4.78, 5) is 6.89. The molecule has 2 aliphatic rings. The molecule has 4 heteroatoms. The van der Waals surface area contributed by atoms with Crippen LogP contribution in [0.1, 0.15) is 19.8 Å². The first-order chi connectivity index (χ1) is 7.34. The number of hydrogen-bond acceptors (Lipinski definition) is 4. The highest BCUT2D eigenvalue weighted by Gasteiger charge is 2.15. The van der Waals surface area contributed by atoms with Crippen LogP contribution in [-0.4, -0.2) is 50.1 Å². The smallest absolute Gasteiger partial charge is 0.191 e. The second-order valence-electron chi connectivity index (χ2n) is 4.65. The lowest BCUT2D eigenvalue weighted by molar-refractivity contribution is 0.288. The van der Waals surface area contributed by atoms with Gasteiger partial charge in [0, 0.05) is 19.6 Å². The summed E-state index contributed by atoms with van der Waals surface area (Å²) in [6, 6.07) is 0. The fraction of sp³-hybridized carbons (Fsp3) is 0.909. The topological polar surface area (TPSA) is 39.7 Å². The van der Waals surface area contributed by atoms with Crippen molar-refractivity contribution in [3.05, 3.63) is 0 Å². The minimum atomic E-state index is 0.702. The molecule has 1 fully saturated rings. The SMILES string of the molecule is CC(CNC1=NCCN1)CN1CCCC1. The van der Waals surface area contributed by atoms with E-state index in [9.17, 15) is 0 Å². The van der Waals surface area contributed by atoms with Gasteiger partial charge >= 0.3 is 0 Å². The minimum absolute atomic E-state index is 0.702. The van der Waals surface area contributed by atoms with Crippen molar-refractivity contribution in [2.45, 2.75) is 19.8 Å². The highest BCUT2D eigenvalue weighted by molar-refractivity contribution is 5.81. The lowest BCUT2D eigenvalue weighted by Gasteiger charge is -2.20. The molecule has 2 N–H and O–H groups in total. The first kappa shape index (κ1) is 10.7. The third kappa shape index (κ3) is 3.38. The molecule has 0 aliphatic carbocycles. The van der Waals surface area contributed by atoms with E-state index in [2.05, 4.69) is 27.4 Å². The Morgan fingerprint density at radius 3 is 2.93 bits per heavy atom. The minimum Gasteiger partial charge on any atom is -0.356 e. The van der Waals surface area contributed by atoms with Crippen LogP contribution in [-0.2, 0) is 0 Å². The average Bonchev–Trinajstić information content (AvgIpc) is 2.86. The predicted molar refractivity (Wildman–Crippen MR) is 63.1 cm³/mol. The zero-order valence-electron chi connectivity index (χ0n) is 9.63. The number of hydrogen-bond donors (Lipinski definition) is 2. The fourth-order valence-corrected chi connectivity index (χ4v) is 2.26. The third-order valence-corrected chi connectivity index (χ3v) is 3.06. The normalized spacial score (nSPS) is 23.7. The molecule has 0 bridgehead atoms. The van der Waals surface area contributed by atoms with Gasteiger partial charge in [-0.25, -0.2) is 0 Å². The number of guanidine groups is 1. The molecule has 0 aromatic carbocycles. The summed E-state index contributed by atoms with van der Waals surface area (Å²) in [5.74, 6) is 1.69. The Hall–Kier alpha value is -0.770. The number of aliphatic imine (C=N–C) groups is 1. The van der Waals surface area contributed by atoms with Crippen LogP contribution in [0, 0.1) is 5.92 Å². The zero-order valence-corrected chi connectivity index (χ0v) is 9.63. The molecule has 15 heavy (non-hydrogen) atoms. The number of likely N-dealkylation sites (tertiary alicyclic amines) is 1. The number of nitrogens with zero attached hydrogens (tertiary/aromatic N) is 2. The molecule has 2 aliphatic heterocycles. The van der Waals surface area contributed by atoms with Crippen molar-refractivity contribution in [1.29, 1.82) is 0 Å². The van der Waals surface area contributed by atoms with Crippen LogP contribution in [0.2, 0.25) is 0 Å². The van der Waals surface area contributed by atoms with Crippen LogP contribution in [0.15, 0.2) is 4.99 Å². The van der Waals surface area contributed by atoms with Gasteiger partial charge < -0.3 is 15.5 Å². The van der Waals surface area contributed by atoms with E-state index >= 15 is 0 Å². The molecule has 0 spiro atoms. The summed E-state index contributed by atoms with van der Waals surface area (Å²) in [6.45, 7) is 9.06. The fourth-order valence-electron chi connectivity index (χ4n) is 2.26. The lowest BCUT2D eigenvalue weighted by atomic mass is 10.1. The van der Waals surface area contributed by atoms with Crippen molar-refractivity contribution in [2.24, 2.45) is 10.9 Å². The number of nitrogens with one attached hydrogen (secondary N) is 2. The third-order valence-electron chi connectivity index (χ3n) is 3.06. The van der Waals surface area contributed by atoms with Crippen LogP contribution in [0.3, 0.4) is 0 Å². The molecular weight excluding hydrogens is 188 g/mol. The van der Waals surface area contributed by atoms with E-state index in [1.165, 1.54) is 32.5 Å². The van der Waals surface area contributed by atoms with Crippen molar-refractivity contribution in [2.75, 3.05) is 39.3 Å². The van der Waals surface area contributed by atoms with Crippen molar-refractivity contribution < 1.29 is 0 Å². The Bertz CT molecular complexity index is 221. The number of rotatable bonds is 4. The molecule has 0 saturated carbocycles. The van der Waals surface area contributed by atoms with Crippen molar-refractivity contribution in [3.8, 4) is 0 Å². The summed E-state index contributed by atoms with van der Waals surface area (Å²) < 4.78 is 0. The molecule has 1 atom stereocenters. The van der Waals surface area contributed by atoms with Gasteiger partial charge in [0.05, 0.1) is 6.54 Å². The van der Waals surface area contributed by atoms with Gasteiger partial charge in [-0.1, -0.05) is 6.92 Å². The highest BCUT2D eigenvalue weighted by Crippen LogP contribution is 2.09. The maximum absolute atomic E-state index is 4.32. The molecule has 4 nitrogen and oxygen atoms in total. The van der Waals surface area contributed by atoms with Gasteiger partial charge in [-0.3, -0.25) is 4.99 Å². The molecular formula is C11H22N4. The van der Waals surface area contributed by atoms with Crippen LogP contribution in [0.4, 0.5) is 0 Å². The standard InChI is InChI=1S/C11H22N4/c1-10(9-15-6-2-3-7-15)8-14-11-12-4-5-13-11/h10H,2-9H2,1H3,(H2,12,13,14). The second-order valence-corrected chi connectivity index (χ2v) is 4.65. The Morgan fingerprint density at radius 2 is 2.27 bits per heavy atom. The summed E-state index contributed by atoms with van der Waals surface area (Å²) in [7, 11) is 0. The van der Waals surface area contributed by atoms with Gasteiger partial charge in [-0.15, -0.1) is 0 Å². The maximum Gasteiger partial charge on any atom is 0.191 e. The zero-order chi connectivity index (χ0) is 10.5. The maximum atomic E-state index is 4.32. The molecule has 1 saturated heterocycles. The van der Waals surface area contributed by atoms with Crippen molar-refractivity contribution in [3.63, 3.8) is 0 Å². The Morgan fingerprint density at radius 1 is 1.47 bits per heavy atom. The molecule has 86 valence electrons. The summed E-state index contributed by atoms with van der Waals surface area (Å²) in [6.07, 6.45) is 2.77. The second kappa shape index (κ2) is 5.35. The van der Waals surface area contributed by atoms with Crippen LogP contribution in [0.25, 0.3) is 0 Å². The van der Waals surface area contributed by atoms with Crippen LogP contribution >= 0.6 is 0 Å². The van der Waals surface area contributed by atoms with Crippen molar-refractivity contribution in [1.82, 2.24) is 15.5 Å². The lowest BCUT2D eigenvalue weighted by Crippen LogP contribution is -2.39. The molecule has 0 aromatic rings. The Labute approximate surface area is 92.1 Å². The van der Waals surface area contributed by atoms with Crippen molar-refractivity contribution >= 4 is 5.96 Å². The molecule has 0 amide bonds. The van der Waals surface area contributed by atoms with Gasteiger partial charge in [0.2, 0.25) is 0 Å². The molecule has 2 heterocycles. The van der Waals surface area contributed by atoms with E-state index < -0.39 is 0 Å². The Kier molecular flexibility index (Phi) is 3.83. The molecule has 2 rings (SSSR count). The van der Waals surface area contributed by atoms with E-state index in [-0.39, 0.29) is 0 Å². The summed E-state index contributed by atoms with van der Waals surface area (Å²) in [5, 5.41) is 6.60. The van der Waals surface area contributed by atoms with E-state index in [4.69, 9.17) is 0 Å².